The van der Waals surface area contributed by atoms with Crippen molar-refractivity contribution in [1.29, 1.82) is 0 Å². The van der Waals surface area contributed by atoms with E-state index in [9.17, 15) is 19.8 Å². The van der Waals surface area contributed by atoms with E-state index in [0.717, 1.165) is 35.5 Å². The average molecular weight is 769 g/mol. The van der Waals surface area contributed by atoms with Crippen molar-refractivity contribution in [2.24, 2.45) is 0 Å². The van der Waals surface area contributed by atoms with E-state index < -0.39 is 11.9 Å². The standard InChI is InChI=1S/C36H24O4S5.2CO2/c1-20-17-31(27-13-11-25(41-27)21-5-3-2-4-6-21)44-34(20)29-15-16-30(43-29)35-24(19-33(37)38)18-32(45-35)28-14-12-26(42-28)22-7-9-23(10-8-22)36(39)40;2*2-1-3/h2-18H,19H2,1H3,(H,37,38)(H,39,40);;. The second kappa shape index (κ2) is 17.0. The summed E-state index contributed by atoms with van der Waals surface area (Å²) in [6.07, 6.45) is 0.457. The number of aryl methyl sites for hydroxylation is 1. The van der Waals surface area contributed by atoms with Crippen molar-refractivity contribution in [2.75, 3.05) is 0 Å². The molecule has 0 unspecified atom stereocenters. The number of carboxylic acid groups (broad SMARTS) is 2. The number of aliphatic carboxylic acids is 1. The van der Waals surface area contributed by atoms with Crippen molar-refractivity contribution in [3.63, 3.8) is 0 Å². The molecule has 51 heavy (non-hydrogen) atoms. The second-order valence-corrected chi connectivity index (χ2v) is 15.9. The summed E-state index contributed by atoms with van der Waals surface area (Å²) in [5.74, 6) is -1.80. The average Bonchev–Trinajstić information content (AvgIpc) is 3.96. The Labute approximate surface area is 311 Å². The zero-order valence-electron chi connectivity index (χ0n) is 26.4. The Morgan fingerprint density at radius 1 is 0.529 bits per heavy atom. The lowest BCUT2D eigenvalue weighted by Gasteiger charge is -1.98. The molecule has 7 aromatic rings. The summed E-state index contributed by atoms with van der Waals surface area (Å²) in [4.78, 5) is 66.9. The molecule has 0 aliphatic carbocycles. The van der Waals surface area contributed by atoms with E-state index in [2.05, 4.69) is 67.6 Å². The lowest BCUT2D eigenvalue weighted by molar-refractivity contribution is -0.193. The van der Waals surface area contributed by atoms with E-state index in [1.54, 1.807) is 68.8 Å². The molecule has 0 fully saturated rings. The maximum absolute atomic E-state index is 11.8. The fourth-order valence-corrected chi connectivity index (χ4v) is 11.0. The lowest BCUT2D eigenvalue weighted by atomic mass is 10.1. The summed E-state index contributed by atoms with van der Waals surface area (Å²) in [5.41, 5.74) is 4.48. The number of rotatable bonds is 9. The highest BCUT2D eigenvalue weighted by Crippen LogP contribution is 2.48. The fraction of sp³-hybridized carbons (Fsp3) is 0.0526. The zero-order valence-corrected chi connectivity index (χ0v) is 30.5. The van der Waals surface area contributed by atoms with E-state index in [1.165, 1.54) is 35.5 Å². The lowest BCUT2D eigenvalue weighted by Crippen LogP contribution is -1.99. The molecule has 0 radical (unpaired) electrons. The van der Waals surface area contributed by atoms with Crippen LogP contribution in [0.4, 0.5) is 0 Å². The molecule has 0 bridgehead atoms. The number of aromatic carboxylic acids is 1. The molecule has 2 aromatic carbocycles. The Kier molecular flexibility index (Phi) is 12.3. The number of benzene rings is 2. The number of carboxylic acids is 2. The number of carbonyl (C=O) groups is 2. The van der Waals surface area contributed by atoms with Crippen LogP contribution in [0, 0.1) is 6.92 Å². The summed E-state index contributed by atoms with van der Waals surface area (Å²) in [6, 6.07) is 34.3. The highest BCUT2D eigenvalue weighted by molar-refractivity contribution is 7.30. The predicted molar refractivity (Wildman–Crippen MR) is 201 cm³/mol. The fourth-order valence-electron chi connectivity index (χ4n) is 5.11. The van der Waals surface area contributed by atoms with Gasteiger partial charge in [-0.15, -0.1) is 56.7 Å². The number of thiophene rings is 5. The van der Waals surface area contributed by atoms with Gasteiger partial charge in [0.25, 0.3) is 0 Å². The van der Waals surface area contributed by atoms with Crippen LogP contribution in [-0.2, 0) is 30.4 Å². The van der Waals surface area contributed by atoms with Crippen LogP contribution in [0.5, 0.6) is 0 Å². The normalized spacial score (nSPS) is 10.2. The molecular weight excluding hydrogens is 745 g/mol. The third kappa shape index (κ3) is 8.87. The summed E-state index contributed by atoms with van der Waals surface area (Å²) in [7, 11) is 0. The first-order valence-corrected chi connectivity index (χ1v) is 18.9. The van der Waals surface area contributed by atoms with Gasteiger partial charge in [-0.05, 0) is 89.8 Å². The van der Waals surface area contributed by atoms with Crippen LogP contribution >= 0.6 is 56.7 Å². The van der Waals surface area contributed by atoms with E-state index in [1.807, 2.05) is 30.3 Å². The highest BCUT2D eigenvalue weighted by atomic mass is 32.1. The Hall–Kier alpha value is -5.36. The van der Waals surface area contributed by atoms with Gasteiger partial charge in [-0.3, -0.25) is 4.79 Å². The summed E-state index contributed by atoms with van der Waals surface area (Å²) >= 11 is 8.55. The Bertz CT molecular complexity index is 2350. The van der Waals surface area contributed by atoms with Crippen molar-refractivity contribution < 1.29 is 39.0 Å². The number of hydrogen-bond acceptors (Lipinski definition) is 11. The van der Waals surface area contributed by atoms with Crippen molar-refractivity contribution in [1.82, 2.24) is 0 Å². The molecule has 5 aromatic heterocycles. The van der Waals surface area contributed by atoms with Gasteiger partial charge in [0.2, 0.25) is 0 Å². The summed E-state index contributed by atoms with van der Waals surface area (Å²) in [6.45, 7) is 2.16. The number of hydrogen-bond donors (Lipinski definition) is 2. The van der Waals surface area contributed by atoms with Crippen molar-refractivity contribution in [3.05, 3.63) is 120 Å². The minimum Gasteiger partial charge on any atom is -0.481 e. The smallest absolute Gasteiger partial charge is 0.373 e. The van der Waals surface area contributed by atoms with Crippen LogP contribution in [0.3, 0.4) is 0 Å². The molecule has 13 heteroatoms. The van der Waals surface area contributed by atoms with Crippen molar-refractivity contribution >= 4 is 80.9 Å². The van der Waals surface area contributed by atoms with Gasteiger partial charge in [0.1, 0.15) is 0 Å². The Balaban J connectivity index is 0.000000787. The monoisotopic (exact) mass is 768 g/mol. The Morgan fingerprint density at radius 2 is 0.980 bits per heavy atom. The molecule has 0 spiro atoms. The molecule has 5 heterocycles. The summed E-state index contributed by atoms with van der Waals surface area (Å²) < 4.78 is 0. The van der Waals surface area contributed by atoms with Crippen LogP contribution in [0.1, 0.15) is 21.5 Å². The third-order valence-corrected chi connectivity index (χ3v) is 13.8. The van der Waals surface area contributed by atoms with Crippen LogP contribution in [0.2, 0.25) is 0 Å². The predicted octanol–water partition coefficient (Wildman–Crippen LogP) is 10.5. The first-order valence-electron chi connectivity index (χ1n) is 14.8. The molecule has 0 atom stereocenters. The van der Waals surface area contributed by atoms with Gasteiger partial charge in [-0.1, -0.05) is 42.5 Å². The second-order valence-electron chi connectivity index (χ2n) is 10.6. The minimum atomic E-state index is -0.947. The van der Waals surface area contributed by atoms with Crippen LogP contribution in [0.25, 0.3) is 59.9 Å². The van der Waals surface area contributed by atoms with Gasteiger partial charge in [-0.2, -0.15) is 19.2 Å². The minimum absolute atomic E-state index is 0.0434. The van der Waals surface area contributed by atoms with Crippen molar-refractivity contribution in [2.45, 2.75) is 13.3 Å². The van der Waals surface area contributed by atoms with Gasteiger partial charge < -0.3 is 10.2 Å². The number of carbonyl (C=O) groups excluding carboxylic acids is 4. The van der Waals surface area contributed by atoms with E-state index in [0.29, 0.717) is 0 Å². The van der Waals surface area contributed by atoms with E-state index in [4.69, 9.17) is 19.2 Å². The van der Waals surface area contributed by atoms with Gasteiger partial charge in [0.15, 0.2) is 0 Å². The van der Waals surface area contributed by atoms with E-state index in [-0.39, 0.29) is 24.3 Å². The zero-order chi connectivity index (χ0) is 36.5. The van der Waals surface area contributed by atoms with Gasteiger partial charge >= 0.3 is 24.2 Å². The molecule has 2 N–H and O–H groups in total. The van der Waals surface area contributed by atoms with Crippen LogP contribution in [0.15, 0.2) is 103 Å². The Morgan fingerprint density at radius 3 is 1.53 bits per heavy atom. The largest absolute Gasteiger partial charge is 0.481 e. The van der Waals surface area contributed by atoms with Crippen LogP contribution in [-0.4, -0.2) is 34.5 Å². The first kappa shape index (κ1) is 36.9. The van der Waals surface area contributed by atoms with Gasteiger partial charge in [0, 0.05) is 48.8 Å². The van der Waals surface area contributed by atoms with Gasteiger partial charge in [0.05, 0.1) is 12.0 Å². The first-order chi connectivity index (χ1) is 24.6. The third-order valence-electron chi connectivity index (χ3n) is 7.29. The van der Waals surface area contributed by atoms with Crippen LogP contribution < -0.4 is 0 Å². The molecule has 0 saturated heterocycles. The molecule has 8 nitrogen and oxygen atoms in total. The van der Waals surface area contributed by atoms with Gasteiger partial charge in [-0.25, -0.2) is 4.79 Å². The molecular formula is C38H24O8S5. The molecule has 0 aliphatic rings. The maximum Gasteiger partial charge on any atom is 0.373 e. The highest BCUT2D eigenvalue weighted by Gasteiger charge is 2.20. The summed E-state index contributed by atoms with van der Waals surface area (Å²) in [5, 5.41) is 18.9. The molecule has 0 saturated carbocycles. The van der Waals surface area contributed by atoms with E-state index >= 15 is 0 Å². The quantitative estimate of drug-likeness (QED) is 0.148. The SMILES string of the molecule is Cc1cc(-c2ccc(-c3ccccc3)s2)sc1-c1ccc(-c2sc(-c3ccc(-c4ccc(C(=O)O)cc4)s3)cc2CC(=O)O)s1.O=C=O.O=C=O. The van der Waals surface area contributed by atoms with Crippen molar-refractivity contribution in [3.8, 4) is 59.9 Å². The topological polar surface area (TPSA) is 143 Å². The molecule has 7 rings (SSSR count). The molecule has 254 valence electrons. The molecule has 0 aliphatic heterocycles. The maximum atomic E-state index is 11.8. The molecule has 0 amide bonds.